The molecule has 9 nitrogen and oxygen atoms in total. The molecule has 1 aromatic carbocycles. The minimum atomic E-state index is -0.0933. The molecule has 37 heavy (non-hydrogen) atoms. The van der Waals surface area contributed by atoms with Crippen LogP contribution < -0.4 is 15.0 Å². The number of ether oxygens (including phenoxy) is 1. The van der Waals surface area contributed by atoms with Crippen LogP contribution in [0.3, 0.4) is 0 Å². The van der Waals surface area contributed by atoms with E-state index >= 15 is 0 Å². The van der Waals surface area contributed by atoms with E-state index in [1.54, 1.807) is 6.20 Å². The largest absolute Gasteiger partial charge is 0.489 e. The first-order valence-electron chi connectivity index (χ1n) is 12.6. The van der Waals surface area contributed by atoms with Gasteiger partial charge in [-0.25, -0.2) is 4.98 Å². The average molecular weight is 516 g/mol. The predicted molar refractivity (Wildman–Crippen MR) is 142 cm³/mol. The summed E-state index contributed by atoms with van der Waals surface area (Å²) < 4.78 is 6.39. The first kappa shape index (κ1) is 22.5. The van der Waals surface area contributed by atoms with Crippen LogP contribution >= 0.6 is 11.6 Å². The summed E-state index contributed by atoms with van der Waals surface area (Å²) in [5.41, 5.74) is 5.75. The number of nitrogens with one attached hydrogen (secondary N) is 2. The zero-order valence-electron chi connectivity index (χ0n) is 20.4. The summed E-state index contributed by atoms with van der Waals surface area (Å²) in [7, 11) is 0. The molecule has 1 atom stereocenters. The second-order valence-electron chi connectivity index (χ2n) is 9.78. The second kappa shape index (κ2) is 8.71. The van der Waals surface area contributed by atoms with E-state index in [0.717, 1.165) is 52.8 Å². The summed E-state index contributed by atoms with van der Waals surface area (Å²) in [5, 5.41) is 11.9. The molecule has 7 rings (SSSR count). The lowest BCUT2D eigenvalue weighted by Crippen LogP contribution is -2.55. The topological polar surface area (TPSA) is 99.3 Å². The summed E-state index contributed by atoms with van der Waals surface area (Å²) in [6, 6.07) is 7.92. The van der Waals surface area contributed by atoms with Crippen LogP contribution in [0.4, 0.5) is 11.5 Å². The van der Waals surface area contributed by atoms with Crippen LogP contribution in [-0.4, -0.2) is 69.8 Å². The van der Waals surface area contributed by atoms with Gasteiger partial charge in [-0.3, -0.25) is 14.9 Å². The Morgan fingerprint density at radius 3 is 3.03 bits per heavy atom. The van der Waals surface area contributed by atoms with Gasteiger partial charge in [-0.05, 0) is 43.5 Å². The highest BCUT2D eigenvalue weighted by Gasteiger charge is 2.39. The van der Waals surface area contributed by atoms with Crippen molar-refractivity contribution in [2.45, 2.75) is 25.8 Å². The zero-order valence-corrected chi connectivity index (χ0v) is 21.2. The molecule has 1 saturated heterocycles. The molecular weight excluding hydrogens is 490 g/mol. The number of benzene rings is 1. The molecule has 2 N–H and O–H groups in total. The van der Waals surface area contributed by atoms with Crippen molar-refractivity contribution in [2.75, 3.05) is 37.7 Å². The normalized spacial score (nSPS) is 19.2. The van der Waals surface area contributed by atoms with E-state index in [0.29, 0.717) is 54.1 Å². The Morgan fingerprint density at radius 2 is 2.11 bits per heavy atom. The highest BCUT2D eigenvalue weighted by molar-refractivity contribution is 6.36. The van der Waals surface area contributed by atoms with Crippen LogP contribution in [0.2, 0.25) is 5.02 Å². The molecule has 1 fully saturated rings. The number of hydrogen-bond acceptors (Lipinski definition) is 7. The van der Waals surface area contributed by atoms with Crippen LogP contribution in [0.25, 0.3) is 22.2 Å². The Labute approximate surface area is 218 Å². The van der Waals surface area contributed by atoms with Crippen molar-refractivity contribution in [3.8, 4) is 17.0 Å². The number of aromatic amines is 1. The lowest BCUT2D eigenvalue weighted by atomic mass is 9.99. The first-order chi connectivity index (χ1) is 18.1. The number of rotatable bonds is 2. The molecule has 0 aliphatic carbocycles. The second-order valence-corrected chi connectivity index (χ2v) is 10.2. The number of fused-ring (bicyclic) bond motifs is 4. The van der Waals surface area contributed by atoms with E-state index in [2.05, 4.69) is 25.4 Å². The molecule has 0 unspecified atom stereocenters. The fraction of sp³-hybridized carbons (Fsp3) is 0.333. The van der Waals surface area contributed by atoms with Gasteiger partial charge in [0.2, 0.25) is 0 Å². The smallest absolute Gasteiger partial charge is 0.261 e. The van der Waals surface area contributed by atoms with Crippen LogP contribution in [0.1, 0.15) is 28.0 Å². The zero-order chi connectivity index (χ0) is 25.1. The fourth-order valence-electron chi connectivity index (χ4n) is 5.77. The number of piperazine rings is 1. The van der Waals surface area contributed by atoms with Gasteiger partial charge in [-0.2, -0.15) is 5.10 Å². The lowest BCUT2D eigenvalue weighted by Gasteiger charge is -2.35. The van der Waals surface area contributed by atoms with E-state index in [9.17, 15) is 4.79 Å². The third kappa shape index (κ3) is 3.48. The van der Waals surface area contributed by atoms with Gasteiger partial charge in [-0.15, -0.1) is 0 Å². The van der Waals surface area contributed by atoms with Crippen molar-refractivity contribution in [1.29, 1.82) is 0 Å². The quantitative estimate of drug-likeness (QED) is 0.418. The molecule has 188 valence electrons. The van der Waals surface area contributed by atoms with E-state index < -0.39 is 0 Å². The van der Waals surface area contributed by atoms with Crippen molar-refractivity contribution in [3.05, 3.63) is 58.5 Å². The molecule has 4 aromatic rings. The third-order valence-corrected chi connectivity index (χ3v) is 7.95. The number of nitrogens with zero attached hydrogens (tertiary/aromatic N) is 5. The molecule has 0 radical (unpaired) electrons. The van der Waals surface area contributed by atoms with Gasteiger partial charge in [0.15, 0.2) is 11.6 Å². The molecule has 10 heteroatoms. The minimum Gasteiger partial charge on any atom is -0.489 e. The predicted octanol–water partition coefficient (Wildman–Crippen LogP) is 3.87. The van der Waals surface area contributed by atoms with Crippen molar-refractivity contribution < 1.29 is 9.53 Å². The standard InChI is InChI=1S/C27H26ClN7O2/c1-15-6-7-18-17(13-31-33-18)21(15)24-23(28)25-22(27(36)34-11-9-29-12-16(34)14-37-25)26(32-24)35-10-3-4-19-20(35)5-2-8-30-19/h2,5-8,13,16,29H,3-4,9-12,14H2,1H3,(H,31,33)/t16-/m1/s1. The Kier molecular flexibility index (Phi) is 5.30. The van der Waals surface area contributed by atoms with Gasteiger partial charge in [0.25, 0.3) is 5.91 Å². The number of aromatic nitrogens is 4. The number of amides is 1. The molecule has 1 amide bonds. The number of halogens is 1. The summed E-state index contributed by atoms with van der Waals surface area (Å²) in [6.07, 6.45) is 5.39. The van der Waals surface area contributed by atoms with Crippen molar-refractivity contribution >= 4 is 39.9 Å². The van der Waals surface area contributed by atoms with E-state index in [-0.39, 0.29) is 11.9 Å². The number of hydrogen-bond donors (Lipinski definition) is 2. The SMILES string of the molecule is Cc1ccc2[nH]ncc2c1-c1nc(N2CCCc3ncccc32)c2c(c1Cl)OC[C@H]1CNCCN1C2=O. The summed E-state index contributed by atoms with van der Waals surface area (Å²) in [6.45, 7) is 5.13. The number of carbonyl (C=O) groups excluding carboxylic acids is 1. The van der Waals surface area contributed by atoms with E-state index in [4.69, 9.17) is 21.3 Å². The number of anilines is 2. The molecule has 0 saturated carbocycles. The first-order valence-corrected chi connectivity index (χ1v) is 13.0. The molecule has 3 aromatic heterocycles. The van der Waals surface area contributed by atoms with Gasteiger partial charge in [0.05, 0.1) is 34.8 Å². The summed E-state index contributed by atoms with van der Waals surface area (Å²) >= 11 is 7.11. The number of aryl methyl sites for hydroxylation is 2. The van der Waals surface area contributed by atoms with Crippen molar-refractivity contribution in [2.24, 2.45) is 0 Å². The van der Waals surface area contributed by atoms with Crippen LogP contribution in [-0.2, 0) is 6.42 Å². The third-order valence-electron chi connectivity index (χ3n) is 7.60. The van der Waals surface area contributed by atoms with Crippen molar-refractivity contribution in [3.63, 3.8) is 0 Å². The fourth-order valence-corrected chi connectivity index (χ4v) is 6.06. The van der Waals surface area contributed by atoms with E-state index in [1.165, 1.54) is 0 Å². The molecular formula is C27H26ClN7O2. The van der Waals surface area contributed by atoms with Crippen LogP contribution in [0, 0.1) is 6.92 Å². The average Bonchev–Trinajstić information content (AvgIpc) is 3.35. The molecule has 3 aliphatic rings. The highest BCUT2D eigenvalue weighted by Crippen LogP contribution is 2.47. The molecule has 0 spiro atoms. The minimum absolute atomic E-state index is 0.0737. The van der Waals surface area contributed by atoms with Crippen molar-refractivity contribution in [1.82, 2.24) is 30.4 Å². The van der Waals surface area contributed by atoms with Gasteiger partial charge < -0.3 is 19.9 Å². The monoisotopic (exact) mass is 515 g/mol. The van der Waals surface area contributed by atoms with Crippen LogP contribution in [0.5, 0.6) is 5.75 Å². The Balaban J connectivity index is 1.52. The Morgan fingerprint density at radius 1 is 1.19 bits per heavy atom. The maximum Gasteiger partial charge on any atom is 0.261 e. The van der Waals surface area contributed by atoms with Gasteiger partial charge in [0, 0.05) is 43.3 Å². The molecule has 0 bridgehead atoms. The maximum absolute atomic E-state index is 14.1. The van der Waals surface area contributed by atoms with Gasteiger partial charge >= 0.3 is 0 Å². The Hall–Kier alpha value is -3.69. The van der Waals surface area contributed by atoms with E-state index in [1.807, 2.05) is 42.3 Å². The molecule has 6 heterocycles. The lowest BCUT2D eigenvalue weighted by molar-refractivity contribution is 0.0607. The number of carbonyl (C=O) groups is 1. The Bertz CT molecular complexity index is 1550. The number of pyridine rings is 2. The van der Waals surface area contributed by atoms with Gasteiger partial charge in [-0.1, -0.05) is 17.7 Å². The van der Waals surface area contributed by atoms with Gasteiger partial charge in [0.1, 0.15) is 17.2 Å². The summed E-state index contributed by atoms with van der Waals surface area (Å²) in [4.78, 5) is 28.0. The number of H-pyrrole nitrogens is 1. The van der Waals surface area contributed by atoms with Crippen LogP contribution in [0.15, 0.2) is 36.7 Å². The maximum atomic E-state index is 14.1. The molecule has 3 aliphatic heterocycles. The summed E-state index contributed by atoms with van der Waals surface area (Å²) in [5.74, 6) is 0.869. The highest BCUT2D eigenvalue weighted by atomic mass is 35.5.